The summed E-state index contributed by atoms with van der Waals surface area (Å²) in [5.41, 5.74) is 6.02. The second kappa shape index (κ2) is 7.15. The van der Waals surface area contributed by atoms with Crippen LogP contribution >= 0.6 is 0 Å². The number of rotatable bonds is 4. The van der Waals surface area contributed by atoms with Crippen LogP contribution in [0.5, 0.6) is 0 Å². The van der Waals surface area contributed by atoms with Gasteiger partial charge in [0.25, 0.3) is 0 Å². The first-order chi connectivity index (χ1) is 17.0. The minimum absolute atomic E-state index is 0.174. The van der Waals surface area contributed by atoms with Crippen molar-refractivity contribution in [2.75, 3.05) is 18.0 Å². The van der Waals surface area contributed by atoms with Crippen molar-refractivity contribution >= 4 is 33.6 Å². The van der Waals surface area contributed by atoms with Crippen molar-refractivity contribution in [1.29, 1.82) is 0 Å². The summed E-state index contributed by atoms with van der Waals surface area (Å²) >= 11 is 0. The average molecular weight is 465 g/mol. The third-order valence-corrected chi connectivity index (χ3v) is 7.60. The molecule has 0 spiro atoms. The third kappa shape index (κ3) is 2.99. The molecule has 0 amide bonds. The number of hydrogen-bond donors (Lipinski definition) is 1. The molecule has 8 nitrogen and oxygen atoms in total. The minimum Gasteiger partial charge on any atom is -0.481 e. The van der Waals surface area contributed by atoms with Crippen LogP contribution in [0.15, 0.2) is 60.9 Å². The molecule has 3 aromatic heterocycles. The standard InChI is InChI=1S/C27H24N6O2/c1-15-5-3-7-18-25(17-6-4-8-22-19(17)12-31(2)29-22)30-33(26(15)18)16-9-10-23(28-11-16)32-13-20-21(14-32)24(20)27(34)35/h3-12,20-21,24H,13-14H2,1-2H3,(H,34,35). The van der Waals surface area contributed by atoms with Gasteiger partial charge in [0.2, 0.25) is 0 Å². The fraction of sp³-hybridized carbons (Fsp3) is 0.259. The predicted octanol–water partition coefficient (Wildman–Crippen LogP) is 4.05. The van der Waals surface area contributed by atoms with E-state index in [1.165, 1.54) is 0 Å². The molecule has 35 heavy (non-hydrogen) atoms. The Balaban J connectivity index is 1.29. The molecule has 2 fully saturated rings. The van der Waals surface area contributed by atoms with E-state index in [9.17, 15) is 9.90 Å². The molecule has 7 rings (SSSR count). The second-order valence-corrected chi connectivity index (χ2v) is 9.74. The molecule has 2 aromatic carbocycles. The molecular weight excluding hydrogens is 440 g/mol. The molecular formula is C27H24N6O2. The van der Waals surface area contributed by atoms with Gasteiger partial charge in [0.15, 0.2) is 0 Å². The molecule has 2 unspecified atom stereocenters. The van der Waals surface area contributed by atoms with Crippen LogP contribution in [0.3, 0.4) is 0 Å². The van der Waals surface area contributed by atoms with Gasteiger partial charge in [-0.05, 0) is 42.5 Å². The Morgan fingerprint density at radius 1 is 1.00 bits per heavy atom. The van der Waals surface area contributed by atoms with Crippen LogP contribution in [0.4, 0.5) is 5.82 Å². The van der Waals surface area contributed by atoms with E-state index in [1.54, 1.807) is 0 Å². The van der Waals surface area contributed by atoms with E-state index >= 15 is 0 Å². The summed E-state index contributed by atoms with van der Waals surface area (Å²) in [5, 5.41) is 21.1. The molecule has 0 bridgehead atoms. The number of aryl methyl sites for hydroxylation is 2. The quantitative estimate of drug-likeness (QED) is 0.432. The number of anilines is 1. The lowest BCUT2D eigenvalue weighted by Crippen LogP contribution is -2.26. The number of carboxylic acids is 1. The van der Waals surface area contributed by atoms with E-state index in [0.717, 1.165) is 63.2 Å². The van der Waals surface area contributed by atoms with Crippen molar-refractivity contribution < 1.29 is 9.90 Å². The maximum atomic E-state index is 11.3. The van der Waals surface area contributed by atoms with Gasteiger partial charge >= 0.3 is 5.97 Å². The largest absolute Gasteiger partial charge is 0.481 e. The van der Waals surface area contributed by atoms with Crippen molar-refractivity contribution in [3.05, 3.63) is 66.5 Å². The van der Waals surface area contributed by atoms with Crippen molar-refractivity contribution in [2.24, 2.45) is 24.8 Å². The van der Waals surface area contributed by atoms with Crippen LogP contribution in [-0.4, -0.2) is 48.7 Å². The van der Waals surface area contributed by atoms with Crippen LogP contribution in [0.1, 0.15) is 5.56 Å². The number of aromatic nitrogens is 5. The summed E-state index contributed by atoms with van der Waals surface area (Å²) in [6, 6.07) is 16.5. The normalized spacial score (nSPS) is 21.1. The molecule has 1 aliphatic heterocycles. The fourth-order valence-corrected chi connectivity index (χ4v) is 5.86. The Labute approximate surface area is 201 Å². The van der Waals surface area contributed by atoms with Gasteiger partial charge in [0.05, 0.1) is 28.8 Å². The van der Waals surface area contributed by atoms with Gasteiger partial charge in [-0.15, -0.1) is 0 Å². The first-order valence-corrected chi connectivity index (χ1v) is 11.8. The molecule has 1 N–H and O–H groups in total. The SMILES string of the molecule is Cc1cccc2c(-c3cccc4nn(C)cc34)nn(-c3ccc(N4CC5C(C4)C5C(=O)O)nc3)c12. The molecule has 1 saturated carbocycles. The fourth-order valence-electron chi connectivity index (χ4n) is 5.86. The number of benzene rings is 2. The van der Waals surface area contributed by atoms with Gasteiger partial charge in [0.1, 0.15) is 11.5 Å². The van der Waals surface area contributed by atoms with Gasteiger partial charge < -0.3 is 10.0 Å². The highest BCUT2D eigenvalue weighted by Crippen LogP contribution is 2.52. The predicted molar refractivity (Wildman–Crippen MR) is 134 cm³/mol. The number of aliphatic carboxylic acids is 1. The number of nitrogens with zero attached hydrogens (tertiary/aromatic N) is 6. The maximum Gasteiger partial charge on any atom is 0.307 e. The number of carbonyl (C=O) groups is 1. The summed E-state index contributed by atoms with van der Waals surface area (Å²) in [7, 11) is 1.93. The van der Waals surface area contributed by atoms with Crippen LogP contribution in [-0.2, 0) is 11.8 Å². The molecule has 1 aliphatic carbocycles. The zero-order valence-corrected chi connectivity index (χ0v) is 19.5. The third-order valence-electron chi connectivity index (χ3n) is 7.60. The number of hydrogen-bond acceptors (Lipinski definition) is 5. The summed E-state index contributed by atoms with van der Waals surface area (Å²) in [4.78, 5) is 18.2. The molecule has 0 radical (unpaired) electrons. The highest BCUT2D eigenvalue weighted by Gasteiger charge is 2.60. The molecule has 8 heteroatoms. The summed E-state index contributed by atoms with van der Waals surface area (Å²) in [6.45, 7) is 3.63. The Hall–Kier alpha value is -4.20. The lowest BCUT2D eigenvalue weighted by atomic mass is 10.0. The monoisotopic (exact) mass is 464 g/mol. The average Bonchev–Trinajstić information content (AvgIpc) is 3.18. The van der Waals surface area contributed by atoms with E-state index in [0.29, 0.717) is 0 Å². The number of pyridine rings is 1. The Bertz CT molecular complexity index is 1620. The van der Waals surface area contributed by atoms with Crippen molar-refractivity contribution in [3.63, 3.8) is 0 Å². The summed E-state index contributed by atoms with van der Waals surface area (Å²) in [5.74, 6) is 0.556. The van der Waals surface area contributed by atoms with Crippen LogP contribution in [0, 0.1) is 24.7 Å². The maximum absolute atomic E-state index is 11.3. The Kier molecular flexibility index (Phi) is 4.13. The zero-order chi connectivity index (χ0) is 23.8. The van der Waals surface area contributed by atoms with Crippen LogP contribution in [0.2, 0.25) is 0 Å². The molecule has 2 aliphatic rings. The van der Waals surface area contributed by atoms with E-state index in [-0.39, 0.29) is 17.8 Å². The van der Waals surface area contributed by atoms with Crippen LogP contribution < -0.4 is 4.90 Å². The van der Waals surface area contributed by atoms with Gasteiger partial charge in [0, 0.05) is 42.7 Å². The number of fused-ring (bicyclic) bond motifs is 3. The van der Waals surface area contributed by atoms with Gasteiger partial charge in [-0.1, -0.05) is 30.3 Å². The zero-order valence-electron chi connectivity index (χ0n) is 19.5. The first kappa shape index (κ1) is 20.2. The number of piperidine rings is 1. The molecule has 4 heterocycles. The lowest BCUT2D eigenvalue weighted by Gasteiger charge is -2.20. The Morgan fingerprint density at radius 3 is 2.54 bits per heavy atom. The topological polar surface area (TPSA) is 89.1 Å². The van der Waals surface area contributed by atoms with Gasteiger partial charge in [-0.2, -0.15) is 10.2 Å². The molecule has 174 valence electrons. The molecule has 5 aromatic rings. The number of carboxylic acid groups (broad SMARTS) is 1. The van der Waals surface area contributed by atoms with Gasteiger partial charge in [-0.3, -0.25) is 9.48 Å². The van der Waals surface area contributed by atoms with Gasteiger partial charge in [-0.25, -0.2) is 9.67 Å². The number of para-hydroxylation sites is 1. The van der Waals surface area contributed by atoms with Crippen LogP contribution in [0.25, 0.3) is 38.8 Å². The lowest BCUT2D eigenvalue weighted by molar-refractivity contribution is -0.139. The smallest absolute Gasteiger partial charge is 0.307 e. The highest BCUT2D eigenvalue weighted by molar-refractivity contribution is 6.03. The second-order valence-electron chi connectivity index (χ2n) is 9.74. The van der Waals surface area contributed by atoms with E-state index in [1.807, 2.05) is 53.1 Å². The van der Waals surface area contributed by atoms with Crippen molar-refractivity contribution in [2.45, 2.75) is 6.92 Å². The van der Waals surface area contributed by atoms with Crippen molar-refractivity contribution in [3.8, 4) is 16.9 Å². The van der Waals surface area contributed by atoms with Crippen molar-refractivity contribution in [1.82, 2.24) is 24.5 Å². The summed E-state index contributed by atoms with van der Waals surface area (Å²) in [6.07, 6.45) is 3.90. The van der Waals surface area contributed by atoms with E-state index in [4.69, 9.17) is 10.1 Å². The first-order valence-electron chi connectivity index (χ1n) is 11.8. The highest BCUT2D eigenvalue weighted by atomic mass is 16.4. The molecule has 2 atom stereocenters. The van der Waals surface area contributed by atoms with E-state index in [2.05, 4.69) is 41.2 Å². The summed E-state index contributed by atoms with van der Waals surface area (Å²) < 4.78 is 3.82. The van der Waals surface area contributed by atoms with E-state index < -0.39 is 5.97 Å². The minimum atomic E-state index is -0.665. The molecule has 1 saturated heterocycles. The Morgan fingerprint density at radius 2 is 1.80 bits per heavy atom.